The van der Waals surface area contributed by atoms with Crippen molar-refractivity contribution in [2.24, 2.45) is 0 Å². The van der Waals surface area contributed by atoms with Crippen LogP contribution in [-0.2, 0) is 6.54 Å². The fourth-order valence-electron chi connectivity index (χ4n) is 1.45. The van der Waals surface area contributed by atoms with Crippen LogP contribution in [0.25, 0.3) is 0 Å². The summed E-state index contributed by atoms with van der Waals surface area (Å²) in [5.41, 5.74) is 0.892. The van der Waals surface area contributed by atoms with Gasteiger partial charge in [0.2, 0.25) is 0 Å². The third-order valence-electron chi connectivity index (χ3n) is 2.32. The van der Waals surface area contributed by atoms with Crippen molar-refractivity contribution in [2.75, 3.05) is 13.2 Å². The Hall–Kier alpha value is -0.240. The molecule has 1 unspecified atom stereocenters. The van der Waals surface area contributed by atoms with E-state index in [-0.39, 0.29) is 6.54 Å². The van der Waals surface area contributed by atoms with E-state index in [4.69, 9.17) is 9.84 Å². The van der Waals surface area contributed by atoms with Gasteiger partial charge in [0.25, 0.3) is 6.43 Å². The zero-order valence-electron chi connectivity index (χ0n) is 10.3. The van der Waals surface area contributed by atoms with Gasteiger partial charge in [-0.15, -0.1) is 0 Å². The number of nitrogens with one attached hydrogen (secondary N) is 1. The summed E-state index contributed by atoms with van der Waals surface area (Å²) in [5, 5.41) is 11.8. The monoisotopic (exact) mass is 401 g/mol. The van der Waals surface area contributed by atoms with Crippen LogP contribution in [0.5, 0.6) is 5.75 Å². The topological polar surface area (TPSA) is 41.5 Å². The molecule has 0 saturated heterocycles. The van der Waals surface area contributed by atoms with Gasteiger partial charge in [-0.2, -0.15) is 0 Å². The average Bonchev–Trinajstić information content (AvgIpc) is 2.33. The molecule has 108 valence electrons. The lowest BCUT2D eigenvalue weighted by Gasteiger charge is -2.13. The van der Waals surface area contributed by atoms with Crippen LogP contribution in [0.3, 0.4) is 0 Å². The average molecular weight is 403 g/mol. The zero-order valence-corrected chi connectivity index (χ0v) is 13.5. The van der Waals surface area contributed by atoms with Gasteiger partial charge < -0.3 is 15.2 Å². The standard InChI is InChI=1S/C12H15Br2F2NO2/c1-2-19-11-8(13)3-7(4-9(11)14)5-17-6-10(18)12(15)16/h3-4,10,12,17-18H,2,5-6H2,1H3. The second kappa shape index (κ2) is 8.14. The Morgan fingerprint density at radius 2 is 1.89 bits per heavy atom. The Bertz CT molecular complexity index is 396. The first-order valence-corrected chi connectivity index (χ1v) is 7.32. The van der Waals surface area contributed by atoms with Gasteiger partial charge in [-0.25, -0.2) is 8.78 Å². The van der Waals surface area contributed by atoms with Crippen molar-refractivity contribution in [1.29, 1.82) is 0 Å². The molecule has 0 bridgehead atoms. The maximum atomic E-state index is 12.1. The molecule has 0 spiro atoms. The molecular weight excluding hydrogens is 388 g/mol. The quantitative estimate of drug-likeness (QED) is 0.735. The zero-order chi connectivity index (χ0) is 14.4. The second-order valence-corrected chi connectivity index (χ2v) is 5.56. The van der Waals surface area contributed by atoms with Gasteiger partial charge in [-0.05, 0) is 56.5 Å². The summed E-state index contributed by atoms with van der Waals surface area (Å²) in [5.74, 6) is 0.707. The van der Waals surface area contributed by atoms with Crippen LogP contribution in [0.2, 0.25) is 0 Å². The number of ether oxygens (including phenoxy) is 1. The number of aliphatic hydroxyl groups is 1. The molecule has 0 heterocycles. The van der Waals surface area contributed by atoms with E-state index in [9.17, 15) is 8.78 Å². The van der Waals surface area contributed by atoms with E-state index in [1.54, 1.807) is 0 Å². The lowest BCUT2D eigenvalue weighted by Crippen LogP contribution is -2.31. The second-order valence-electron chi connectivity index (χ2n) is 3.85. The molecule has 0 aliphatic heterocycles. The molecule has 7 heteroatoms. The van der Waals surface area contributed by atoms with Crippen molar-refractivity contribution in [1.82, 2.24) is 5.32 Å². The summed E-state index contributed by atoms with van der Waals surface area (Å²) in [4.78, 5) is 0. The van der Waals surface area contributed by atoms with Crippen molar-refractivity contribution in [3.8, 4) is 5.75 Å². The van der Waals surface area contributed by atoms with Gasteiger partial charge >= 0.3 is 0 Å². The fourth-order valence-corrected chi connectivity index (χ4v) is 2.96. The molecule has 0 fully saturated rings. The fraction of sp³-hybridized carbons (Fsp3) is 0.500. The van der Waals surface area contributed by atoms with E-state index in [2.05, 4.69) is 37.2 Å². The Morgan fingerprint density at radius 1 is 1.32 bits per heavy atom. The van der Waals surface area contributed by atoms with E-state index in [0.29, 0.717) is 18.9 Å². The van der Waals surface area contributed by atoms with Gasteiger partial charge in [0.05, 0.1) is 15.6 Å². The predicted octanol–water partition coefficient (Wildman–Crippen LogP) is 3.33. The van der Waals surface area contributed by atoms with Gasteiger partial charge in [-0.1, -0.05) is 0 Å². The van der Waals surface area contributed by atoms with Crippen LogP contribution >= 0.6 is 31.9 Å². The Kier molecular flexibility index (Phi) is 7.20. The molecule has 2 N–H and O–H groups in total. The minimum atomic E-state index is -2.73. The van der Waals surface area contributed by atoms with Crippen molar-refractivity contribution >= 4 is 31.9 Å². The SMILES string of the molecule is CCOc1c(Br)cc(CNCC(O)C(F)F)cc1Br. The molecule has 1 rings (SSSR count). The van der Waals surface area contributed by atoms with Gasteiger partial charge in [0.1, 0.15) is 11.9 Å². The lowest BCUT2D eigenvalue weighted by atomic mass is 10.2. The highest BCUT2D eigenvalue weighted by atomic mass is 79.9. The predicted molar refractivity (Wildman–Crippen MR) is 76.7 cm³/mol. The number of halogens is 4. The smallest absolute Gasteiger partial charge is 0.265 e. The number of aliphatic hydroxyl groups excluding tert-OH is 1. The Labute approximate surface area is 127 Å². The number of rotatable bonds is 7. The first kappa shape index (κ1) is 16.8. The minimum Gasteiger partial charge on any atom is -0.492 e. The number of benzene rings is 1. The molecule has 3 nitrogen and oxygen atoms in total. The van der Waals surface area contributed by atoms with E-state index < -0.39 is 12.5 Å². The summed E-state index contributed by atoms with van der Waals surface area (Å²) < 4.78 is 31.2. The Morgan fingerprint density at radius 3 is 2.37 bits per heavy atom. The van der Waals surface area contributed by atoms with Crippen LogP contribution < -0.4 is 10.1 Å². The molecule has 19 heavy (non-hydrogen) atoms. The van der Waals surface area contributed by atoms with Crippen LogP contribution in [0.1, 0.15) is 12.5 Å². The Balaban J connectivity index is 2.60. The van der Waals surface area contributed by atoms with Gasteiger partial charge in [0, 0.05) is 13.1 Å². The van der Waals surface area contributed by atoms with E-state index >= 15 is 0 Å². The molecule has 1 aromatic carbocycles. The summed E-state index contributed by atoms with van der Waals surface area (Å²) in [6.45, 7) is 2.67. The van der Waals surface area contributed by atoms with Crippen LogP contribution in [-0.4, -0.2) is 30.8 Å². The van der Waals surface area contributed by atoms with Gasteiger partial charge in [-0.3, -0.25) is 0 Å². The molecule has 0 saturated carbocycles. The summed E-state index contributed by atoms with van der Waals surface area (Å²) >= 11 is 6.78. The molecular formula is C12H15Br2F2NO2. The van der Waals surface area contributed by atoms with Crippen molar-refractivity contribution < 1.29 is 18.6 Å². The third kappa shape index (κ3) is 5.33. The highest BCUT2D eigenvalue weighted by Gasteiger charge is 2.16. The third-order valence-corrected chi connectivity index (χ3v) is 3.50. The molecule has 0 amide bonds. The maximum absolute atomic E-state index is 12.1. The van der Waals surface area contributed by atoms with E-state index in [1.807, 2.05) is 19.1 Å². The highest BCUT2D eigenvalue weighted by Crippen LogP contribution is 2.34. The van der Waals surface area contributed by atoms with Crippen molar-refractivity contribution in [3.63, 3.8) is 0 Å². The van der Waals surface area contributed by atoms with Crippen LogP contribution in [0, 0.1) is 0 Å². The van der Waals surface area contributed by atoms with Gasteiger partial charge in [0.15, 0.2) is 0 Å². The lowest BCUT2D eigenvalue weighted by molar-refractivity contribution is -0.00340. The maximum Gasteiger partial charge on any atom is 0.265 e. The molecule has 1 atom stereocenters. The molecule has 0 radical (unpaired) electrons. The first-order valence-electron chi connectivity index (χ1n) is 5.73. The first-order chi connectivity index (χ1) is 8.95. The van der Waals surface area contributed by atoms with Crippen molar-refractivity contribution in [3.05, 3.63) is 26.6 Å². The largest absolute Gasteiger partial charge is 0.492 e. The number of hydrogen-bond donors (Lipinski definition) is 2. The molecule has 0 aliphatic carbocycles. The number of hydrogen-bond acceptors (Lipinski definition) is 3. The van der Waals surface area contributed by atoms with Crippen molar-refractivity contribution in [2.45, 2.75) is 26.0 Å². The van der Waals surface area contributed by atoms with Crippen LogP contribution in [0.15, 0.2) is 21.1 Å². The summed E-state index contributed by atoms with van der Waals surface area (Å²) in [6.07, 6.45) is -4.37. The van der Waals surface area contributed by atoms with E-state index in [1.165, 1.54) is 0 Å². The van der Waals surface area contributed by atoms with Crippen LogP contribution in [0.4, 0.5) is 8.78 Å². The summed E-state index contributed by atoms with van der Waals surface area (Å²) in [7, 11) is 0. The minimum absolute atomic E-state index is 0.153. The normalized spacial score (nSPS) is 12.8. The molecule has 0 aromatic heterocycles. The highest BCUT2D eigenvalue weighted by molar-refractivity contribution is 9.11. The molecule has 1 aromatic rings. The van der Waals surface area contributed by atoms with E-state index in [0.717, 1.165) is 14.5 Å². The summed E-state index contributed by atoms with van der Waals surface area (Å²) in [6, 6.07) is 3.69. The molecule has 0 aliphatic rings. The number of alkyl halides is 2.